The fourth-order valence-electron chi connectivity index (χ4n) is 3.24. The zero-order valence-electron chi connectivity index (χ0n) is 16.7. The van der Waals surface area contributed by atoms with Gasteiger partial charge in [0, 0.05) is 17.3 Å². The number of nitrogens with one attached hydrogen (secondary N) is 1. The summed E-state index contributed by atoms with van der Waals surface area (Å²) < 4.78 is 19.7. The van der Waals surface area contributed by atoms with Crippen molar-refractivity contribution in [2.45, 2.75) is 0 Å². The quantitative estimate of drug-likeness (QED) is 0.361. The molecule has 0 bridgehead atoms. The molecule has 31 heavy (non-hydrogen) atoms. The van der Waals surface area contributed by atoms with Gasteiger partial charge < -0.3 is 9.72 Å². The number of hydrogen-bond donors (Lipinski definition) is 1. The van der Waals surface area contributed by atoms with Gasteiger partial charge in [0.05, 0.1) is 18.5 Å². The van der Waals surface area contributed by atoms with Gasteiger partial charge in [-0.1, -0.05) is 30.3 Å². The number of H-pyrrole nitrogens is 1. The number of methoxy groups -OCH3 is 1. The lowest BCUT2D eigenvalue weighted by Crippen LogP contribution is -2.16. The maximum Gasteiger partial charge on any atom is 0.330 e. The minimum Gasteiger partial charge on any atom is -0.497 e. The zero-order valence-corrected chi connectivity index (χ0v) is 16.7. The first-order valence-corrected chi connectivity index (χ1v) is 9.58. The SMILES string of the molecule is COc1ccc(-c2c[nH]c(=O)n2-c2cccc(C(=O)C=Cc3ccc(F)cc3)c2)cc1. The number of rotatable bonds is 6. The Morgan fingerprint density at radius 2 is 1.77 bits per heavy atom. The number of nitrogens with zero attached hydrogens (tertiary/aromatic N) is 1. The van der Waals surface area contributed by atoms with E-state index in [0.29, 0.717) is 22.7 Å². The highest BCUT2D eigenvalue weighted by Crippen LogP contribution is 2.24. The highest BCUT2D eigenvalue weighted by molar-refractivity contribution is 6.07. The first kappa shape index (κ1) is 20.1. The van der Waals surface area contributed by atoms with Crippen molar-refractivity contribution in [3.8, 4) is 22.7 Å². The number of aromatic nitrogens is 2. The molecule has 1 N–H and O–H groups in total. The maximum absolute atomic E-state index is 13.0. The molecule has 1 aromatic heterocycles. The highest BCUT2D eigenvalue weighted by Gasteiger charge is 2.12. The van der Waals surface area contributed by atoms with Crippen molar-refractivity contribution in [3.05, 3.63) is 112 Å². The third-order valence-electron chi connectivity index (χ3n) is 4.85. The molecule has 0 aliphatic carbocycles. The second-order valence-electron chi connectivity index (χ2n) is 6.84. The molecule has 0 saturated carbocycles. The van der Waals surface area contributed by atoms with Gasteiger partial charge in [0.2, 0.25) is 0 Å². The average Bonchev–Trinajstić information content (AvgIpc) is 3.20. The molecular weight excluding hydrogens is 395 g/mol. The number of aromatic amines is 1. The maximum atomic E-state index is 13.0. The molecule has 0 atom stereocenters. The van der Waals surface area contributed by atoms with Crippen LogP contribution in [-0.4, -0.2) is 22.4 Å². The zero-order chi connectivity index (χ0) is 21.8. The van der Waals surface area contributed by atoms with Gasteiger partial charge in [-0.3, -0.25) is 9.36 Å². The predicted molar refractivity (Wildman–Crippen MR) is 118 cm³/mol. The largest absolute Gasteiger partial charge is 0.497 e. The van der Waals surface area contributed by atoms with E-state index in [4.69, 9.17) is 4.74 Å². The van der Waals surface area contributed by atoms with Crippen molar-refractivity contribution in [1.29, 1.82) is 0 Å². The monoisotopic (exact) mass is 414 g/mol. The average molecular weight is 414 g/mol. The number of ether oxygens (including phenoxy) is 1. The third kappa shape index (κ3) is 4.38. The number of ketones is 1. The van der Waals surface area contributed by atoms with Crippen LogP contribution in [0.3, 0.4) is 0 Å². The highest BCUT2D eigenvalue weighted by atomic mass is 19.1. The van der Waals surface area contributed by atoms with Crippen LogP contribution in [0.2, 0.25) is 0 Å². The van der Waals surface area contributed by atoms with Gasteiger partial charge >= 0.3 is 5.69 Å². The summed E-state index contributed by atoms with van der Waals surface area (Å²) in [4.78, 5) is 27.9. The van der Waals surface area contributed by atoms with Crippen molar-refractivity contribution in [2.24, 2.45) is 0 Å². The van der Waals surface area contributed by atoms with E-state index in [1.807, 2.05) is 24.3 Å². The second kappa shape index (κ2) is 8.67. The molecule has 4 rings (SSSR count). The first-order valence-electron chi connectivity index (χ1n) is 9.58. The molecule has 154 valence electrons. The number of allylic oxidation sites excluding steroid dienone is 1. The molecular formula is C25H19FN2O3. The first-order chi connectivity index (χ1) is 15.0. The van der Waals surface area contributed by atoms with Crippen LogP contribution in [0, 0.1) is 5.82 Å². The van der Waals surface area contributed by atoms with Crippen molar-refractivity contribution >= 4 is 11.9 Å². The number of halogens is 1. The Hall–Kier alpha value is -4.19. The molecule has 4 aromatic rings. The summed E-state index contributed by atoms with van der Waals surface area (Å²) in [6.07, 6.45) is 4.68. The van der Waals surface area contributed by atoms with Crippen LogP contribution in [-0.2, 0) is 0 Å². The van der Waals surface area contributed by atoms with Gasteiger partial charge in [0.15, 0.2) is 5.78 Å². The van der Waals surface area contributed by atoms with Gasteiger partial charge in [-0.05, 0) is 60.2 Å². The molecule has 6 heteroatoms. The molecule has 3 aromatic carbocycles. The molecule has 0 fully saturated rings. The van der Waals surface area contributed by atoms with Crippen LogP contribution in [0.1, 0.15) is 15.9 Å². The standard InChI is InChI=1S/C25H19FN2O3/c1-31-22-12-8-18(9-13-22)23-16-27-25(30)28(23)21-4-2-3-19(15-21)24(29)14-7-17-5-10-20(26)11-6-17/h2-16H,1H3,(H,27,30). The fraction of sp³-hybridized carbons (Fsp3) is 0.0400. The van der Waals surface area contributed by atoms with Gasteiger partial charge in [-0.15, -0.1) is 0 Å². The summed E-state index contributed by atoms with van der Waals surface area (Å²) in [5, 5.41) is 0. The van der Waals surface area contributed by atoms with Gasteiger partial charge in [0.25, 0.3) is 0 Å². The summed E-state index contributed by atoms with van der Waals surface area (Å²) in [6, 6.07) is 20.1. The minimum atomic E-state index is -0.333. The van der Waals surface area contributed by atoms with E-state index in [1.165, 1.54) is 22.8 Å². The fourth-order valence-corrected chi connectivity index (χ4v) is 3.24. The van der Waals surface area contributed by atoms with E-state index in [2.05, 4.69) is 4.98 Å². The van der Waals surface area contributed by atoms with Crippen molar-refractivity contribution in [2.75, 3.05) is 7.11 Å². The predicted octanol–water partition coefficient (Wildman–Crippen LogP) is 4.88. The van der Waals surface area contributed by atoms with Gasteiger partial charge in [0.1, 0.15) is 11.6 Å². The minimum absolute atomic E-state index is 0.222. The van der Waals surface area contributed by atoms with Crippen LogP contribution >= 0.6 is 0 Å². The number of carbonyl (C=O) groups excluding carboxylic acids is 1. The Balaban J connectivity index is 1.65. The summed E-state index contributed by atoms with van der Waals surface area (Å²) in [5.41, 5.74) is 2.90. The van der Waals surface area contributed by atoms with Crippen molar-refractivity contribution < 1.29 is 13.9 Å². The van der Waals surface area contributed by atoms with E-state index in [0.717, 1.165) is 11.1 Å². The van der Waals surface area contributed by atoms with Crippen LogP contribution in [0.25, 0.3) is 23.0 Å². The lowest BCUT2D eigenvalue weighted by molar-refractivity contribution is 0.104. The Bertz CT molecular complexity index is 1300. The molecule has 0 spiro atoms. The summed E-state index contributed by atoms with van der Waals surface area (Å²) in [5.74, 6) is 0.162. The topological polar surface area (TPSA) is 64.1 Å². The molecule has 0 unspecified atom stereocenters. The summed E-state index contributed by atoms with van der Waals surface area (Å²) in [7, 11) is 1.59. The lowest BCUT2D eigenvalue weighted by Gasteiger charge is -2.09. The smallest absolute Gasteiger partial charge is 0.330 e. The Morgan fingerprint density at radius 1 is 1.03 bits per heavy atom. The third-order valence-corrected chi connectivity index (χ3v) is 4.85. The van der Waals surface area contributed by atoms with E-state index >= 15 is 0 Å². The van der Waals surface area contributed by atoms with Crippen LogP contribution in [0.4, 0.5) is 4.39 Å². The summed E-state index contributed by atoms with van der Waals surface area (Å²) in [6.45, 7) is 0. The molecule has 0 radical (unpaired) electrons. The van der Waals surface area contributed by atoms with Gasteiger partial charge in [-0.2, -0.15) is 0 Å². The Morgan fingerprint density at radius 3 is 2.48 bits per heavy atom. The Labute approximate surface area is 178 Å². The molecule has 5 nitrogen and oxygen atoms in total. The lowest BCUT2D eigenvalue weighted by atomic mass is 10.1. The van der Waals surface area contributed by atoms with E-state index in [-0.39, 0.29) is 17.3 Å². The van der Waals surface area contributed by atoms with E-state index in [9.17, 15) is 14.0 Å². The van der Waals surface area contributed by atoms with E-state index < -0.39 is 0 Å². The number of hydrogen-bond acceptors (Lipinski definition) is 3. The van der Waals surface area contributed by atoms with Gasteiger partial charge in [-0.25, -0.2) is 9.18 Å². The number of imidazole rings is 1. The summed E-state index contributed by atoms with van der Waals surface area (Å²) >= 11 is 0. The van der Waals surface area contributed by atoms with Crippen LogP contribution in [0.5, 0.6) is 5.75 Å². The number of benzene rings is 3. The van der Waals surface area contributed by atoms with Crippen LogP contribution in [0.15, 0.2) is 89.9 Å². The molecule has 0 saturated heterocycles. The van der Waals surface area contributed by atoms with Crippen molar-refractivity contribution in [3.63, 3.8) is 0 Å². The second-order valence-corrected chi connectivity index (χ2v) is 6.84. The normalized spacial score (nSPS) is 11.0. The van der Waals surface area contributed by atoms with E-state index in [1.54, 1.807) is 55.8 Å². The molecule has 0 aliphatic heterocycles. The molecule has 0 amide bonds. The molecule has 1 heterocycles. The van der Waals surface area contributed by atoms with Crippen molar-refractivity contribution in [1.82, 2.24) is 9.55 Å². The Kier molecular flexibility index (Phi) is 5.62. The molecule has 0 aliphatic rings. The number of carbonyl (C=O) groups is 1. The van der Waals surface area contributed by atoms with Crippen LogP contribution < -0.4 is 10.4 Å².